The first-order chi connectivity index (χ1) is 16.5. The second kappa shape index (κ2) is 8.78. The van der Waals surface area contributed by atoms with E-state index in [1.807, 2.05) is 31.2 Å². The average molecular weight is 459 g/mol. The van der Waals surface area contributed by atoms with Gasteiger partial charge in [0.15, 0.2) is 11.5 Å². The van der Waals surface area contributed by atoms with E-state index in [2.05, 4.69) is 0 Å². The summed E-state index contributed by atoms with van der Waals surface area (Å²) in [6.45, 7) is 6.53. The number of aryl methyl sites for hydroxylation is 1. The molecule has 3 heterocycles. The van der Waals surface area contributed by atoms with Gasteiger partial charge in [0.2, 0.25) is 5.91 Å². The number of fused-ring (bicyclic) bond motifs is 3. The summed E-state index contributed by atoms with van der Waals surface area (Å²) in [4.78, 5) is 32.9. The minimum absolute atomic E-state index is 0.0387. The highest BCUT2D eigenvalue weighted by molar-refractivity contribution is 6.05. The summed E-state index contributed by atoms with van der Waals surface area (Å²) in [6.07, 6.45) is 1.33. The Bertz CT molecular complexity index is 1290. The SMILES string of the molecule is CC(=O)N1CCN(C(=O)c2ccc(-c3nc4ccc(C)c(C=N)c4c4c3OCCO4)cc2)CC1. The van der Waals surface area contributed by atoms with Gasteiger partial charge in [-0.25, -0.2) is 4.98 Å². The smallest absolute Gasteiger partial charge is 0.253 e. The number of carbonyl (C=O) groups excluding carboxylic acids is 2. The summed E-state index contributed by atoms with van der Waals surface area (Å²) in [7, 11) is 0. The third kappa shape index (κ3) is 3.75. The van der Waals surface area contributed by atoms with Crippen LogP contribution in [0.15, 0.2) is 36.4 Å². The third-order valence-corrected chi connectivity index (χ3v) is 6.46. The Labute approximate surface area is 197 Å². The lowest BCUT2D eigenvalue weighted by atomic mass is 9.99. The van der Waals surface area contributed by atoms with Gasteiger partial charge in [-0.15, -0.1) is 0 Å². The van der Waals surface area contributed by atoms with Gasteiger partial charge < -0.3 is 24.7 Å². The van der Waals surface area contributed by atoms with E-state index < -0.39 is 0 Å². The molecule has 1 fully saturated rings. The molecule has 2 aromatic carbocycles. The first-order valence-electron chi connectivity index (χ1n) is 11.4. The molecule has 3 aromatic rings. The van der Waals surface area contributed by atoms with Crippen molar-refractivity contribution in [3.8, 4) is 22.8 Å². The zero-order valence-electron chi connectivity index (χ0n) is 19.3. The molecule has 2 amide bonds. The molecule has 0 spiro atoms. The van der Waals surface area contributed by atoms with Gasteiger partial charge in [0.05, 0.1) is 10.9 Å². The molecule has 174 valence electrons. The number of hydrogen-bond donors (Lipinski definition) is 1. The number of aromatic nitrogens is 1. The van der Waals surface area contributed by atoms with Crippen LogP contribution in [0.2, 0.25) is 0 Å². The van der Waals surface area contributed by atoms with Crippen LogP contribution in [-0.4, -0.2) is 72.2 Å². The van der Waals surface area contributed by atoms with Crippen LogP contribution in [0.25, 0.3) is 22.2 Å². The van der Waals surface area contributed by atoms with Crippen LogP contribution in [0.4, 0.5) is 0 Å². The summed E-state index contributed by atoms with van der Waals surface area (Å²) in [5.41, 5.74) is 4.53. The Morgan fingerprint density at radius 2 is 1.59 bits per heavy atom. The van der Waals surface area contributed by atoms with Crippen molar-refractivity contribution in [3.05, 3.63) is 53.1 Å². The Balaban J connectivity index is 1.48. The molecule has 8 heteroatoms. The topological polar surface area (TPSA) is 95.8 Å². The highest BCUT2D eigenvalue weighted by Gasteiger charge is 2.26. The van der Waals surface area contributed by atoms with Gasteiger partial charge >= 0.3 is 0 Å². The lowest BCUT2D eigenvalue weighted by Gasteiger charge is -2.34. The van der Waals surface area contributed by atoms with Crippen molar-refractivity contribution in [1.82, 2.24) is 14.8 Å². The summed E-state index contributed by atoms with van der Waals surface area (Å²) in [6, 6.07) is 11.2. The standard InChI is InChI=1S/C26H26N4O4/c1-16-3-8-21-22(20(16)15-27)24-25(34-14-13-33-24)23(28-21)18-4-6-19(7-5-18)26(32)30-11-9-29(10-12-30)17(2)31/h3-8,15,27H,9-14H2,1-2H3. The molecule has 0 radical (unpaired) electrons. The van der Waals surface area contributed by atoms with Crippen molar-refractivity contribution in [3.63, 3.8) is 0 Å². The number of benzene rings is 2. The van der Waals surface area contributed by atoms with Gasteiger partial charge in [0.1, 0.15) is 18.9 Å². The minimum atomic E-state index is -0.0473. The van der Waals surface area contributed by atoms with Crippen molar-refractivity contribution in [1.29, 1.82) is 5.41 Å². The van der Waals surface area contributed by atoms with Crippen LogP contribution in [0.1, 0.15) is 28.4 Å². The van der Waals surface area contributed by atoms with E-state index >= 15 is 0 Å². The zero-order chi connectivity index (χ0) is 23.8. The normalized spacial score (nSPS) is 15.4. The lowest BCUT2D eigenvalue weighted by Crippen LogP contribution is -2.50. The number of amides is 2. The number of nitrogens with zero attached hydrogens (tertiary/aromatic N) is 3. The molecule has 0 unspecified atom stereocenters. The molecule has 34 heavy (non-hydrogen) atoms. The lowest BCUT2D eigenvalue weighted by molar-refractivity contribution is -0.130. The first-order valence-corrected chi connectivity index (χ1v) is 11.4. The second-order valence-corrected chi connectivity index (χ2v) is 8.53. The Morgan fingerprint density at radius 3 is 2.24 bits per heavy atom. The fourth-order valence-corrected chi connectivity index (χ4v) is 4.55. The summed E-state index contributed by atoms with van der Waals surface area (Å²) < 4.78 is 12.0. The maximum atomic E-state index is 13.0. The number of pyridine rings is 1. The molecule has 2 aliphatic heterocycles. The van der Waals surface area contributed by atoms with Crippen LogP contribution in [0, 0.1) is 12.3 Å². The fourth-order valence-electron chi connectivity index (χ4n) is 4.55. The van der Waals surface area contributed by atoms with E-state index in [1.54, 1.807) is 28.9 Å². The molecule has 5 rings (SSSR count). The summed E-state index contributed by atoms with van der Waals surface area (Å²) in [5, 5.41) is 8.66. The van der Waals surface area contributed by atoms with E-state index in [-0.39, 0.29) is 11.8 Å². The van der Waals surface area contributed by atoms with Gasteiger partial charge in [-0.2, -0.15) is 0 Å². The molecule has 0 saturated carbocycles. The first kappa shape index (κ1) is 21.9. The molecule has 0 bridgehead atoms. The Hall–Kier alpha value is -3.94. The fraction of sp³-hybridized carbons (Fsp3) is 0.308. The van der Waals surface area contributed by atoms with Crippen LogP contribution in [0.3, 0.4) is 0 Å². The van der Waals surface area contributed by atoms with Crippen LogP contribution >= 0.6 is 0 Å². The van der Waals surface area contributed by atoms with Crippen LogP contribution in [0.5, 0.6) is 11.5 Å². The van der Waals surface area contributed by atoms with E-state index in [4.69, 9.17) is 19.9 Å². The van der Waals surface area contributed by atoms with Gasteiger partial charge in [0.25, 0.3) is 5.91 Å². The maximum absolute atomic E-state index is 13.0. The van der Waals surface area contributed by atoms with E-state index in [0.29, 0.717) is 62.1 Å². The van der Waals surface area contributed by atoms with E-state index in [0.717, 1.165) is 27.6 Å². The van der Waals surface area contributed by atoms with Crippen molar-refractivity contribution in [2.24, 2.45) is 0 Å². The number of nitrogens with one attached hydrogen (secondary N) is 1. The predicted octanol–water partition coefficient (Wildman–Crippen LogP) is 3.28. The molecular weight excluding hydrogens is 432 g/mol. The van der Waals surface area contributed by atoms with E-state index in [9.17, 15) is 9.59 Å². The highest BCUT2D eigenvalue weighted by atomic mass is 16.6. The average Bonchev–Trinajstić information content (AvgIpc) is 2.88. The summed E-state index contributed by atoms with van der Waals surface area (Å²) in [5.74, 6) is 1.16. The molecule has 0 atom stereocenters. The van der Waals surface area contributed by atoms with Crippen LogP contribution in [-0.2, 0) is 4.79 Å². The maximum Gasteiger partial charge on any atom is 0.253 e. The van der Waals surface area contributed by atoms with E-state index in [1.165, 1.54) is 6.21 Å². The molecular formula is C26H26N4O4. The molecule has 1 aromatic heterocycles. The molecule has 8 nitrogen and oxygen atoms in total. The predicted molar refractivity (Wildman–Crippen MR) is 129 cm³/mol. The quantitative estimate of drug-likeness (QED) is 0.608. The largest absolute Gasteiger partial charge is 0.485 e. The third-order valence-electron chi connectivity index (χ3n) is 6.46. The van der Waals surface area contributed by atoms with Gasteiger partial charge in [-0.1, -0.05) is 18.2 Å². The highest BCUT2D eigenvalue weighted by Crippen LogP contribution is 2.45. The number of carbonyl (C=O) groups is 2. The van der Waals surface area contributed by atoms with Crippen molar-refractivity contribution >= 4 is 28.9 Å². The van der Waals surface area contributed by atoms with Crippen molar-refractivity contribution < 1.29 is 19.1 Å². The molecule has 2 aliphatic rings. The second-order valence-electron chi connectivity index (χ2n) is 8.53. The number of piperazine rings is 1. The van der Waals surface area contributed by atoms with Gasteiger partial charge in [0, 0.05) is 56.0 Å². The number of rotatable bonds is 3. The van der Waals surface area contributed by atoms with Crippen molar-refractivity contribution in [2.45, 2.75) is 13.8 Å². The monoisotopic (exact) mass is 458 g/mol. The molecule has 1 saturated heterocycles. The summed E-state index contributed by atoms with van der Waals surface area (Å²) >= 11 is 0. The molecule has 0 aliphatic carbocycles. The van der Waals surface area contributed by atoms with Gasteiger partial charge in [-0.3, -0.25) is 9.59 Å². The van der Waals surface area contributed by atoms with Gasteiger partial charge in [-0.05, 0) is 30.7 Å². The Morgan fingerprint density at radius 1 is 0.941 bits per heavy atom. The number of hydrogen-bond acceptors (Lipinski definition) is 6. The van der Waals surface area contributed by atoms with Crippen LogP contribution < -0.4 is 9.47 Å². The zero-order valence-corrected chi connectivity index (χ0v) is 19.3. The Kier molecular flexibility index (Phi) is 5.65. The molecule has 1 N–H and O–H groups in total. The number of ether oxygens (including phenoxy) is 2. The van der Waals surface area contributed by atoms with Crippen molar-refractivity contribution in [2.75, 3.05) is 39.4 Å². The minimum Gasteiger partial charge on any atom is -0.485 e.